The van der Waals surface area contributed by atoms with Crippen molar-refractivity contribution in [1.82, 2.24) is 0 Å². The summed E-state index contributed by atoms with van der Waals surface area (Å²) in [6, 6.07) is 4.86. The molecule has 0 unspecified atom stereocenters. The van der Waals surface area contributed by atoms with Gasteiger partial charge < -0.3 is 0 Å². The van der Waals surface area contributed by atoms with Gasteiger partial charge in [-0.25, -0.2) is 0 Å². The van der Waals surface area contributed by atoms with Crippen LogP contribution in [0.2, 0.25) is 13.3 Å². The molecule has 110 valence electrons. The van der Waals surface area contributed by atoms with E-state index >= 15 is 0 Å². The Balaban J connectivity index is 2.93. The molecule has 0 nitrogen and oxygen atoms in total. The van der Waals surface area contributed by atoms with Crippen LogP contribution < -0.4 is 2.89 Å². The van der Waals surface area contributed by atoms with E-state index in [0.29, 0.717) is 0 Å². The third kappa shape index (κ3) is 5.85. The third-order valence-corrected chi connectivity index (χ3v) is 24.3. The van der Waals surface area contributed by atoms with Crippen molar-refractivity contribution in [2.45, 2.75) is 72.6 Å². The molecular formula is C16H29ISSn. The van der Waals surface area contributed by atoms with Crippen molar-refractivity contribution in [2.75, 3.05) is 0 Å². The molecule has 0 N–H and O–H groups in total. The maximum atomic E-state index is 2.51. The molecule has 0 bridgehead atoms. The van der Waals surface area contributed by atoms with Crippen LogP contribution in [0.25, 0.3) is 0 Å². The normalized spacial score (nSPS) is 12.0. The van der Waals surface area contributed by atoms with Crippen LogP contribution in [0.4, 0.5) is 0 Å². The summed E-state index contributed by atoms with van der Waals surface area (Å²) < 4.78 is 8.16. The number of rotatable bonds is 10. The van der Waals surface area contributed by atoms with Crippen LogP contribution in [-0.2, 0) is 0 Å². The van der Waals surface area contributed by atoms with Gasteiger partial charge in [0.15, 0.2) is 0 Å². The predicted molar refractivity (Wildman–Crippen MR) is 102 cm³/mol. The van der Waals surface area contributed by atoms with Crippen LogP contribution in [0.3, 0.4) is 0 Å². The molecule has 19 heavy (non-hydrogen) atoms. The molecule has 0 saturated carbocycles. The van der Waals surface area contributed by atoms with Crippen LogP contribution in [0, 0.1) is 2.88 Å². The van der Waals surface area contributed by atoms with Gasteiger partial charge in [0.2, 0.25) is 0 Å². The second kappa shape index (κ2) is 10.0. The van der Waals surface area contributed by atoms with Crippen molar-refractivity contribution in [3.8, 4) is 0 Å². The van der Waals surface area contributed by atoms with Gasteiger partial charge in [0.1, 0.15) is 0 Å². The van der Waals surface area contributed by atoms with Crippen molar-refractivity contribution in [2.24, 2.45) is 0 Å². The zero-order valence-corrected chi connectivity index (χ0v) is 18.6. The fourth-order valence-electron chi connectivity index (χ4n) is 2.89. The van der Waals surface area contributed by atoms with E-state index in [-0.39, 0.29) is 0 Å². The third-order valence-electron chi connectivity index (χ3n) is 4.12. The monoisotopic (exact) mass is 500 g/mol. The average molecular weight is 499 g/mol. The molecule has 1 aromatic rings. The average Bonchev–Trinajstić information content (AvgIpc) is 2.85. The molecule has 1 heterocycles. The number of hydrogen-bond donors (Lipinski definition) is 0. The van der Waals surface area contributed by atoms with Crippen LogP contribution >= 0.6 is 33.9 Å². The maximum absolute atomic E-state index is 2.51. The van der Waals surface area contributed by atoms with E-state index in [1.54, 1.807) is 13.3 Å². The van der Waals surface area contributed by atoms with Crippen molar-refractivity contribution < 1.29 is 0 Å². The molecule has 0 aromatic carbocycles. The van der Waals surface area contributed by atoms with Crippen molar-refractivity contribution in [3.05, 3.63) is 15.0 Å². The van der Waals surface area contributed by atoms with Crippen LogP contribution in [0.1, 0.15) is 59.3 Å². The molecule has 3 heteroatoms. The van der Waals surface area contributed by atoms with Crippen molar-refractivity contribution in [3.63, 3.8) is 0 Å². The summed E-state index contributed by atoms with van der Waals surface area (Å²) in [6.07, 6.45) is 8.53. The first-order valence-electron chi connectivity index (χ1n) is 7.94. The number of halogens is 1. The summed E-state index contributed by atoms with van der Waals surface area (Å²) in [5, 5.41) is 0. The van der Waals surface area contributed by atoms with Crippen molar-refractivity contribution in [1.29, 1.82) is 0 Å². The second-order valence-corrected chi connectivity index (χ2v) is 22.8. The van der Waals surface area contributed by atoms with Gasteiger partial charge in [0.25, 0.3) is 0 Å². The summed E-state index contributed by atoms with van der Waals surface area (Å²) in [5.74, 6) is 0. The van der Waals surface area contributed by atoms with Crippen LogP contribution in [-0.4, -0.2) is 18.4 Å². The quantitative estimate of drug-likeness (QED) is 0.258. The van der Waals surface area contributed by atoms with E-state index < -0.39 is 18.4 Å². The number of hydrogen-bond acceptors (Lipinski definition) is 1. The van der Waals surface area contributed by atoms with E-state index in [2.05, 4.69) is 66.8 Å². The first-order chi connectivity index (χ1) is 9.18. The molecule has 1 rings (SSSR count). The van der Waals surface area contributed by atoms with E-state index in [9.17, 15) is 0 Å². The second-order valence-electron chi connectivity index (χ2n) is 5.69. The Hall–Kier alpha value is 1.23. The molecule has 0 aliphatic rings. The van der Waals surface area contributed by atoms with E-state index in [1.165, 1.54) is 41.4 Å². The van der Waals surface area contributed by atoms with Gasteiger partial charge in [-0.1, -0.05) is 0 Å². The molecule has 0 fully saturated rings. The van der Waals surface area contributed by atoms with E-state index in [1.807, 2.05) is 2.89 Å². The zero-order valence-electron chi connectivity index (χ0n) is 12.8. The molecule has 0 saturated heterocycles. The zero-order chi connectivity index (χ0) is 14.1. The molecule has 0 aliphatic carbocycles. The molecule has 0 aliphatic heterocycles. The summed E-state index contributed by atoms with van der Waals surface area (Å²) in [4.78, 5) is 0. The Morgan fingerprint density at radius 3 is 1.68 bits per heavy atom. The minimum atomic E-state index is -2.06. The molecule has 0 radical (unpaired) electrons. The molecular weight excluding hydrogens is 470 g/mol. The first kappa shape index (κ1) is 18.3. The fraction of sp³-hybridized carbons (Fsp3) is 0.750. The summed E-state index contributed by atoms with van der Waals surface area (Å²) in [6.45, 7) is 7.07. The Labute approximate surface area is 141 Å². The Bertz CT molecular complexity index is 326. The SMILES string of the molecule is CCC[CH2][Sn]([CH2]CCC)([CH2]CCC)[c]1ccc(I)s1. The topological polar surface area (TPSA) is 0 Å². The first-order valence-corrected chi connectivity index (χ1v) is 17.3. The Morgan fingerprint density at radius 2 is 1.37 bits per heavy atom. The fourth-order valence-corrected chi connectivity index (χ4v) is 25.4. The summed E-state index contributed by atoms with van der Waals surface area (Å²) in [7, 11) is 0. The minimum absolute atomic E-state index is 1.37. The predicted octanol–water partition coefficient (Wildman–Crippen LogP) is 6.41. The van der Waals surface area contributed by atoms with Gasteiger partial charge in [-0.05, 0) is 0 Å². The number of thiophene rings is 1. The molecule has 1 aromatic heterocycles. The molecule has 0 spiro atoms. The van der Waals surface area contributed by atoms with Gasteiger partial charge in [-0.3, -0.25) is 0 Å². The van der Waals surface area contributed by atoms with Crippen LogP contribution in [0.15, 0.2) is 12.1 Å². The molecule has 0 amide bonds. The van der Waals surface area contributed by atoms with Gasteiger partial charge in [-0.2, -0.15) is 0 Å². The van der Waals surface area contributed by atoms with Gasteiger partial charge in [-0.15, -0.1) is 0 Å². The standard InChI is InChI=1S/C4H2IS.3C4H9.Sn/c5-4-2-1-3-6-4;3*1-3-4-2;/h1-2H;3*1,3-4H2,2H3;. The summed E-state index contributed by atoms with van der Waals surface area (Å²) in [5.41, 5.74) is 0. The molecule has 0 atom stereocenters. The Kier molecular flexibility index (Phi) is 9.66. The number of unbranched alkanes of at least 4 members (excludes halogenated alkanes) is 3. The van der Waals surface area contributed by atoms with Gasteiger partial charge >= 0.3 is 143 Å². The van der Waals surface area contributed by atoms with Crippen LogP contribution in [0.5, 0.6) is 0 Å². The van der Waals surface area contributed by atoms with E-state index in [0.717, 1.165) is 0 Å². The van der Waals surface area contributed by atoms with E-state index in [4.69, 9.17) is 0 Å². The van der Waals surface area contributed by atoms with Gasteiger partial charge in [0.05, 0.1) is 0 Å². The Morgan fingerprint density at radius 1 is 0.895 bits per heavy atom. The van der Waals surface area contributed by atoms with Crippen molar-refractivity contribution >= 4 is 55.2 Å². The van der Waals surface area contributed by atoms with Gasteiger partial charge in [0, 0.05) is 0 Å². The summed E-state index contributed by atoms with van der Waals surface area (Å²) >= 11 is 2.57.